The molecule has 9 nitrogen and oxygen atoms in total. The Morgan fingerprint density at radius 2 is 1.85 bits per heavy atom. The molecule has 3 aromatic heterocycles. The SMILES string of the molecule is COc1ccc2c(c1)c(CCC(=O)O)cn2S(=O)(=O)c1ccc(-c2ccc(OC)nc2OC)s1. The minimum absolute atomic E-state index is 0.121. The van der Waals surface area contributed by atoms with Gasteiger partial charge in [0.25, 0.3) is 10.0 Å². The van der Waals surface area contributed by atoms with E-state index in [-0.39, 0.29) is 17.1 Å². The van der Waals surface area contributed by atoms with Crippen LogP contribution in [0.3, 0.4) is 0 Å². The van der Waals surface area contributed by atoms with Gasteiger partial charge in [0, 0.05) is 28.9 Å². The lowest BCUT2D eigenvalue weighted by Crippen LogP contribution is -2.10. The van der Waals surface area contributed by atoms with Crippen LogP contribution < -0.4 is 14.2 Å². The molecule has 11 heteroatoms. The van der Waals surface area contributed by atoms with Crippen molar-refractivity contribution in [3.63, 3.8) is 0 Å². The Hall–Kier alpha value is -3.57. The van der Waals surface area contributed by atoms with Gasteiger partial charge in [0.2, 0.25) is 11.8 Å². The number of fused-ring (bicyclic) bond motifs is 1. The van der Waals surface area contributed by atoms with E-state index in [1.54, 1.807) is 36.4 Å². The number of carboxylic acid groups (broad SMARTS) is 1. The van der Waals surface area contributed by atoms with Gasteiger partial charge in [-0.15, -0.1) is 11.3 Å². The molecule has 0 saturated heterocycles. The van der Waals surface area contributed by atoms with E-state index in [2.05, 4.69) is 4.98 Å². The zero-order valence-electron chi connectivity index (χ0n) is 18.6. The monoisotopic (exact) mass is 502 g/mol. The van der Waals surface area contributed by atoms with Crippen molar-refractivity contribution >= 4 is 38.2 Å². The molecule has 0 amide bonds. The Morgan fingerprint density at radius 3 is 2.53 bits per heavy atom. The normalized spacial score (nSPS) is 11.5. The number of pyridine rings is 1. The smallest absolute Gasteiger partial charge is 0.303 e. The number of hydrogen-bond donors (Lipinski definition) is 1. The maximum Gasteiger partial charge on any atom is 0.303 e. The summed E-state index contributed by atoms with van der Waals surface area (Å²) in [5, 5.41) is 9.73. The van der Waals surface area contributed by atoms with Crippen molar-refractivity contribution in [3.05, 3.63) is 54.2 Å². The number of carbonyl (C=O) groups is 1. The van der Waals surface area contributed by atoms with E-state index in [9.17, 15) is 13.2 Å². The molecule has 4 rings (SSSR count). The third kappa shape index (κ3) is 4.31. The highest BCUT2D eigenvalue weighted by Gasteiger charge is 2.25. The summed E-state index contributed by atoms with van der Waals surface area (Å²) in [5.41, 5.74) is 1.69. The fraction of sp³-hybridized carbons (Fsp3) is 0.217. The van der Waals surface area contributed by atoms with Gasteiger partial charge < -0.3 is 19.3 Å². The van der Waals surface area contributed by atoms with Crippen LogP contribution in [0, 0.1) is 0 Å². The van der Waals surface area contributed by atoms with Crippen LogP contribution in [0.5, 0.6) is 17.5 Å². The Labute approximate surface area is 200 Å². The summed E-state index contributed by atoms with van der Waals surface area (Å²) in [6.07, 6.45) is 1.55. The summed E-state index contributed by atoms with van der Waals surface area (Å²) in [4.78, 5) is 16.0. The van der Waals surface area contributed by atoms with Crippen molar-refractivity contribution in [1.82, 2.24) is 8.96 Å². The number of ether oxygens (including phenoxy) is 3. The van der Waals surface area contributed by atoms with Crippen LogP contribution in [-0.2, 0) is 21.2 Å². The molecule has 0 saturated carbocycles. The molecule has 178 valence electrons. The quantitative estimate of drug-likeness (QED) is 0.364. The Morgan fingerprint density at radius 1 is 1.06 bits per heavy atom. The lowest BCUT2D eigenvalue weighted by Gasteiger charge is -2.08. The predicted octanol–water partition coefficient (Wildman–Crippen LogP) is 4.04. The third-order valence-corrected chi connectivity index (χ3v) is 8.53. The number of rotatable bonds is 9. The van der Waals surface area contributed by atoms with E-state index in [4.69, 9.17) is 19.3 Å². The zero-order valence-corrected chi connectivity index (χ0v) is 20.3. The number of thiophene rings is 1. The van der Waals surface area contributed by atoms with E-state index >= 15 is 0 Å². The van der Waals surface area contributed by atoms with Crippen molar-refractivity contribution in [2.24, 2.45) is 0 Å². The third-order valence-electron chi connectivity index (χ3n) is 5.27. The fourth-order valence-electron chi connectivity index (χ4n) is 3.59. The minimum Gasteiger partial charge on any atom is -0.497 e. The number of benzene rings is 1. The van der Waals surface area contributed by atoms with Gasteiger partial charge in [-0.3, -0.25) is 4.79 Å². The molecule has 0 atom stereocenters. The lowest BCUT2D eigenvalue weighted by atomic mass is 10.1. The first-order chi connectivity index (χ1) is 16.3. The number of aromatic nitrogens is 2. The summed E-state index contributed by atoms with van der Waals surface area (Å²) in [6, 6.07) is 11.7. The summed E-state index contributed by atoms with van der Waals surface area (Å²) < 4.78 is 44.3. The number of aliphatic carboxylic acids is 1. The molecule has 4 aromatic rings. The Kier molecular flexibility index (Phi) is 6.49. The van der Waals surface area contributed by atoms with Crippen LogP contribution in [0.15, 0.2) is 52.9 Å². The van der Waals surface area contributed by atoms with Crippen LogP contribution in [0.2, 0.25) is 0 Å². The van der Waals surface area contributed by atoms with Gasteiger partial charge in [-0.05, 0) is 48.4 Å². The molecule has 0 aliphatic rings. The highest BCUT2D eigenvalue weighted by atomic mass is 32.2. The highest BCUT2D eigenvalue weighted by molar-refractivity contribution is 7.92. The zero-order chi connectivity index (χ0) is 24.5. The second-order valence-corrected chi connectivity index (χ2v) is 10.4. The molecule has 34 heavy (non-hydrogen) atoms. The molecule has 0 fully saturated rings. The summed E-state index contributed by atoms with van der Waals surface area (Å²) >= 11 is 1.09. The van der Waals surface area contributed by atoms with Gasteiger partial charge in [0.1, 0.15) is 9.96 Å². The van der Waals surface area contributed by atoms with Crippen LogP contribution >= 0.6 is 11.3 Å². The van der Waals surface area contributed by atoms with E-state index < -0.39 is 16.0 Å². The molecule has 0 radical (unpaired) electrons. The summed E-state index contributed by atoms with van der Waals surface area (Å²) in [7, 11) is 0.534. The van der Waals surface area contributed by atoms with E-state index in [1.807, 2.05) is 0 Å². The van der Waals surface area contributed by atoms with Crippen molar-refractivity contribution in [3.8, 4) is 28.0 Å². The fourth-order valence-corrected chi connectivity index (χ4v) is 6.40. The summed E-state index contributed by atoms with van der Waals surface area (Å²) in [6.45, 7) is 0. The molecule has 0 aliphatic heterocycles. The molecule has 0 spiro atoms. The Bertz CT molecular complexity index is 1470. The van der Waals surface area contributed by atoms with Crippen molar-refractivity contribution < 1.29 is 32.5 Å². The van der Waals surface area contributed by atoms with Crippen LogP contribution in [0.25, 0.3) is 21.3 Å². The molecule has 1 aromatic carbocycles. The predicted molar refractivity (Wildman–Crippen MR) is 128 cm³/mol. The van der Waals surface area contributed by atoms with Gasteiger partial charge in [-0.25, -0.2) is 3.97 Å². The molecule has 0 bridgehead atoms. The lowest BCUT2D eigenvalue weighted by molar-refractivity contribution is -0.136. The van der Waals surface area contributed by atoms with Crippen molar-refractivity contribution in [2.75, 3.05) is 21.3 Å². The second-order valence-electron chi connectivity index (χ2n) is 7.26. The number of carboxylic acids is 1. The van der Waals surface area contributed by atoms with Crippen LogP contribution in [0.1, 0.15) is 12.0 Å². The van der Waals surface area contributed by atoms with Crippen LogP contribution in [0.4, 0.5) is 0 Å². The number of methoxy groups -OCH3 is 3. The number of nitrogens with zero attached hydrogens (tertiary/aromatic N) is 2. The molecule has 1 N–H and O–H groups in total. The molecular formula is C23H22N2O7S2. The molecule has 0 aliphatic carbocycles. The second kappa shape index (κ2) is 9.35. The first kappa shape index (κ1) is 23.6. The van der Waals surface area contributed by atoms with Gasteiger partial charge >= 0.3 is 5.97 Å². The number of hydrogen-bond acceptors (Lipinski definition) is 8. The van der Waals surface area contributed by atoms with E-state index in [0.717, 1.165) is 11.3 Å². The Balaban J connectivity index is 1.80. The van der Waals surface area contributed by atoms with Gasteiger partial charge in [0.05, 0.1) is 32.4 Å². The first-order valence-electron chi connectivity index (χ1n) is 10.1. The van der Waals surface area contributed by atoms with Crippen LogP contribution in [-0.4, -0.2) is 49.8 Å². The largest absolute Gasteiger partial charge is 0.497 e. The molecular weight excluding hydrogens is 480 g/mol. The van der Waals surface area contributed by atoms with Crippen molar-refractivity contribution in [1.29, 1.82) is 0 Å². The average Bonchev–Trinajstić information content (AvgIpc) is 3.48. The first-order valence-corrected chi connectivity index (χ1v) is 12.4. The average molecular weight is 503 g/mol. The van der Waals surface area contributed by atoms with Gasteiger partial charge in [-0.1, -0.05) is 0 Å². The molecule has 0 unspecified atom stereocenters. The van der Waals surface area contributed by atoms with Crippen molar-refractivity contribution in [2.45, 2.75) is 17.1 Å². The van der Waals surface area contributed by atoms with E-state index in [0.29, 0.717) is 44.4 Å². The molecule has 3 heterocycles. The number of aryl methyl sites for hydroxylation is 1. The maximum atomic E-state index is 13.6. The minimum atomic E-state index is -3.96. The summed E-state index contributed by atoms with van der Waals surface area (Å²) in [5.74, 6) is 0.293. The topological polar surface area (TPSA) is 117 Å². The maximum absolute atomic E-state index is 13.6. The van der Waals surface area contributed by atoms with Gasteiger partial charge in [0.15, 0.2) is 0 Å². The van der Waals surface area contributed by atoms with E-state index in [1.165, 1.54) is 37.6 Å². The van der Waals surface area contributed by atoms with Gasteiger partial charge in [-0.2, -0.15) is 13.4 Å². The standard InChI is InChI=1S/C23H22N2O7S2/c1-30-15-5-7-18-17(12-15)14(4-10-21(26)27)13-25(18)34(28,29)22-11-8-19(33-22)16-6-9-20(31-2)24-23(16)32-3/h5-9,11-13H,4,10H2,1-3H3,(H,26,27). The highest BCUT2D eigenvalue weighted by Crippen LogP contribution is 2.38.